The molecule has 1 N–H and O–H groups in total. The molecule has 1 heterocycles. The molecule has 1 aliphatic heterocycles. The van der Waals surface area contributed by atoms with Gasteiger partial charge in [0.1, 0.15) is 0 Å². The van der Waals surface area contributed by atoms with Gasteiger partial charge in [-0.25, -0.2) is 0 Å². The lowest BCUT2D eigenvalue weighted by atomic mass is 10.0. The van der Waals surface area contributed by atoms with E-state index in [0.717, 1.165) is 43.7 Å². The Kier molecular flexibility index (Phi) is 6.66. The molecule has 0 radical (unpaired) electrons. The number of nitrogens with zero attached hydrogens (tertiary/aromatic N) is 2. The molecule has 0 saturated carbocycles. The summed E-state index contributed by atoms with van der Waals surface area (Å²) in [5.41, 5.74) is 3.54. The first-order valence-electron chi connectivity index (χ1n) is 9.62. The summed E-state index contributed by atoms with van der Waals surface area (Å²) < 4.78 is 0. The standard InChI is InChI=1S/C23H29N3O/c1-25(2)22-11-8-19(9-12-22)10-13-23(27)24-21-14-16-26(17-15-21)18-20-6-4-3-5-7-20/h3-13,21H,14-18H2,1-2H3,(H,24,27). The van der Waals surface area contributed by atoms with Crippen LogP contribution in [0.1, 0.15) is 24.0 Å². The van der Waals surface area contributed by atoms with E-state index in [1.807, 2.05) is 32.3 Å². The molecule has 1 saturated heterocycles. The minimum atomic E-state index is -0.00630. The Morgan fingerprint density at radius 3 is 2.37 bits per heavy atom. The second-order valence-corrected chi connectivity index (χ2v) is 7.36. The molecule has 0 spiro atoms. The molecule has 1 fully saturated rings. The highest BCUT2D eigenvalue weighted by atomic mass is 16.1. The zero-order chi connectivity index (χ0) is 19.1. The predicted octanol–water partition coefficient (Wildman–Crippen LogP) is 3.55. The van der Waals surface area contributed by atoms with Crippen LogP contribution in [0.25, 0.3) is 6.08 Å². The maximum Gasteiger partial charge on any atom is 0.244 e. The van der Waals surface area contributed by atoms with Crippen molar-refractivity contribution < 1.29 is 4.79 Å². The average Bonchev–Trinajstić information content (AvgIpc) is 2.69. The summed E-state index contributed by atoms with van der Waals surface area (Å²) in [6, 6.07) is 19.0. The molecule has 142 valence electrons. The average molecular weight is 364 g/mol. The van der Waals surface area contributed by atoms with Gasteiger partial charge in [0.05, 0.1) is 0 Å². The van der Waals surface area contributed by atoms with Crippen LogP contribution in [0.4, 0.5) is 5.69 Å². The quantitative estimate of drug-likeness (QED) is 0.798. The van der Waals surface area contributed by atoms with E-state index in [2.05, 4.69) is 57.6 Å². The number of anilines is 1. The molecule has 0 atom stereocenters. The van der Waals surface area contributed by atoms with E-state index in [0.29, 0.717) is 0 Å². The number of piperidine rings is 1. The zero-order valence-corrected chi connectivity index (χ0v) is 16.3. The van der Waals surface area contributed by atoms with Crippen molar-refractivity contribution in [3.63, 3.8) is 0 Å². The first-order valence-corrected chi connectivity index (χ1v) is 9.62. The summed E-state index contributed by atoms with van der Waals surface area (Å²) in [6.07, 6.45) is 5.52. The fourth-order valence-electron chi connectivity index (χ4n) is 3.38. The topological polar surface area (TPSA) is 35.6 Å². The Hall–Kier alpha value is -2.59. The molecule has 2 aromatic rings. The summed E-state index contributed by atoms with van der Waals surface area (Å²) >= 11 is 0. The number of benzene rings is 2. The third kappa shape index (κ3) is 5.97. The lowest BCUT2D eigenvalue weighted by molar-refractivity contribution is -0.117. The van der Waals surface area contributed by atoms with Crippen molar-refractivity contribution in [3.05, 3.63) is 71.8 Å². The second-order valence-electron chi connectivity index (χ2n) is 7.36. The second kappa shape index (κ2) is 9.38. The predicted molar refractivity (Wildman–Crippen MR) is 113 cm³/mol. The first-order chi connectivity index (χ1) is 13.1. The fraction of sp³-hybridized carbons (Fsp3) is 0.348. The van der Waals surface area contributed by atoms with E-state index in [1.165, 1.54) is 5.56 Å². The Morgan fingerprint density at radius 1 is 1.07 bits per heavy atom. The maximum atomic E-state index is 12.2. The van der Waals surface area contributed by atoms with Gasteiger partial charge in [-0.2, -0.15) is 0 Å². The molecule has 3 rings (SSSR count). The summed E-state index contributed by atoms with van der Waals surface area (Å²) in [7, 11) is 4.03. The lowest BCUT2D eigenvalue weighted by Crippen LogP contribution is -2.43. The fourth-order valence-corrected chi connectivity index (χ4v) is 3.38. The summed E-state index contributed by atoms with van der Waals surface area (Å²) in [6.45, 7) is 3.04. The monoisotopic (exact) mass is 363 g/mol. The minimum absolute atomic E-state index is 0.00630. The van der Waals surface area contributed by atoms with Crippen molar-refractivity contribution in [1.29, 1.82) is 0 Å². The van der Waals surface area contributed by atoms with Crippen LogP contribution in [0, 0.1) is 0 Å². The normalized spacial score (nSPS) is 15.8. The van der Waals surface area contributed by atoms with Crippen LogP contribution < -0.4 is 10.2 Å². The number of nitrogens with one attached hydrogen (secondary N) is 1. The zero-order valence-electron chi connectivity index (χ0n) is 16.3. The Balaban J connectivity index is 1.42. The van der Waals surface area contributed by atoms with Gasteiger partial charge in [0, 0.05) is 51.5 Å². The molecule has 4 nitrogen and oxygen atoms in total. The number of likely N-dealkylation sites (tertiary alicyclic amines) is 1. The van der Waals surface area contributed by atoms with Gasteiger partial charge < -0.3 is 10.2 Å². The Labute approximate surface area is 162 Å². The van der Waals surface area contributed by atoms with E-state index < -0.39 is 0 Å². The summed E-state index contributed by atoms with van der Waals surface area (Å²) in [4.78, 5) is 16.7. The van der Waals surface area contributed by atoms with Crippen molar-refractivity contribution in [1.82, 2.24) is 10.2 Å². The molecular formula is C23H29N3O. The van der Waals surface area contributed by atoms with E-state index in [1.54, 1.807) is 6.08 Å². The van der Waals surface area contributed by atoms with Gasteiger partial charge in [0.25, 0.3) is 0 Å². The van der Waals surface area contributed by atoms with Crippen molar-refractivity contribution in [2.24, 2.45) is 0 Å². The third-order valence-corrected chi connectivity index (χ3v) is 5.02. The Morgan fingerprint density at radius 2 is 1.74 bits per heavy atom. The number of hydrogen-bond acceptors (Lipinski definition) is 3. The van der Waals surface area contributed by atoms with Gasteiger partial charge in [-0.15, -0.1) is 0 Å². The molecule has 0 unspecified atom stereocenters. The first kappa shape index (κ1) is 19.2. The highest BCUT2D eigenvalue weighted by Gasteiger charge is 2.19. The van der Waals surface area contributed by atoms with Crippen molar-refractivity contribution >= 4 is 17.7 Å². The smallest absolute Gasteiger partial charge is 0.244 e. The third-order valence-electron chi connectivity index (χ3n) is 5.02. The summed E-state index contributed by atoms with van der Waals surface area (Å²) in [5, 5.41) is 3.14. The van der Waals surface area contributed by atoms with Crippen LogP contribution in [-0.4, -0.2) is 44.0 Å². The number of carbonyl (C=O) groups is 1. The van der Waals surface area contributed by atoms with Gasteiger partial charge in [-0.05, 0) is 42.2 Å². The van der Waals surface area contributed by atoms with E-state index >= 15 is 0 Å². The van der Waals surface area contributed by atoms with Crippen LogP contribution in [0.3, 0.4) is 0 Å². The van der Waals surface area contributed by atoms with Crippen LogP contribution in [0.15, 0.2) is 60.7 Å². The summed E-state index contributed by atoms with van der Waals surface area (Å²) in [5.74, 6) is -0.00630. The van der Waals surface area contributed by atoms with E-state index in [-0.39, 0.29) is 11.9 Å². The van der Waals surface area contributed by atoms with Crippen LogP contribution in [-0.2, 0) is 11.3 Å². The molecule has 2 aromatic carbocycles. The molecule has 0 aromatic heterocycles. The van der Waals surface area contributed by atoms with Crippen molar-refractivity contribution in [3.8, 4) is 0 Å². The van der Waals surface area contributed by atoms with Gasteiger partial charge in [-0.3, -0.25) is 9.69 Å². The highest BCUT2D eigenvalue weighted by molar-refractivity contribution is 5.91. The molecule has 27 heavy (non-hydrogen) atoms. The van der Waals surface area contributed by atoms with Crippen LogP contribution in [0.5, 0.6) is 0 Å². The van der Waals surface area contributed by atoms with Crippen molar-refractivity contribution in [2.75, 3.05) is 32.1 Å². The molecule has 0 aliphatic carbocycles. The largest absolute Gasteiger partial charge is 0.378 e. The number of amides is 1. The SMILES string of the molecule is CN(C)c1ccc(C=CC(=O)NC2CCN(Cc3ccccc3)CC2)cc1. The lowest BCUT2D eigenvalue weighted by Gasteiger charge is -2.32. The maximum absolute atomic E-state index is 12.2. The van der Waals surface area contributed by atoms with Crippen LogP contribution >= 0.6 is 0 Å². The van der Waals surface area contributed by atoms with Gasteiger partial charge in [-0.1, -0.05) is 42.5 Å². The van der Waals surface area contributed by atoms with E-state index in [9.17, 15) is 4.79 Å². The van der Waals surface area contributed by atoms with Gasteiger partial charge in [0.15, 0.2) is 0 Å². The van der Waals surface area contributed by atoms with E-state index in [4.69, 9.17) is 0 Å². The number of hydrogen-bond donors (Lipinski definition) is 1. The van der Waals surface area contributed by atoms with Crippen molar-refractivity contribution in [2.45, 2.75) is 25.4 Å². The number of rotatable bonds is 6. The number of carbonyl (C=O) groups excluding carboxylic acids is 1. The molecular weight excluding hydrogens is 334 g/mol. The molecule has 4 heteroatoms. The van der Waals surface area contributed by atoms with Crippen LogP contribution in [0.2, 0.25) is 0 Å². The molecule has 0 bridgehead atoms. The Bertz CT molecular complexity index is 745. The highest BCUT2D eigenvalue weighted by Crippen LogP contribution is 2.15. The van der Waals surface area contributed by atoms with Gasteiger partial charge >= 0.3 is 0 Å². The molecule has 1 amide bonds. The minimum Gasteiger partial charge on any atom is -0.378 e. The molecule has 1 aliphatic rings. The van der Waals surface area contributed by atoms with Gasteiger partial charge in [0.2, 0.25) is 5.91 Å².